The number of fused-ring (bicyclic) bond motifs is 1. The van der Waals surface area contributed by atoms with Gasteiger partial charge in [0, 0.05) is 21.3 Å². The van der Waals surface area contributed by atoms with Crippen LogP contribution in [-0.2, 0) is 0 Å². The minimum Gasteiger partial charge on any atom is -0.324 e. The Balaban J connectivity index is 1.51. The van der Waals surface area contributed by atoms with Crippen LogP contribution >= 0.6 is 23.2 Å². The second-order valence-corrected chi connectivity index (χ2v) is 8.61. The fourth-order valence-corrected chi connectivity index (χ4v) is 3.96. The molecule has 1 aliphatic rings. The predicted octanol–water partition coefficient (Wildman–Crippen LogP) is 6.20. The van der Waals surface area contributed by atoms with Crippen LogP contribution in [0, 0.1) is 6.92 Å². The second-order valence-electron chi connectivity index (χ2n) is 7.74. The molecule has 0 saturated carbocycles. The smallest absolute Gasteiger partial charge is 0.258 e. The number of anilines is 2. The molecule has 2 heterocycles. The van der Waals surface area contributed by atoms with Gasteiger partial charge in [-0.2, -0.15) is 4.98 Å². The van der Waals surface area contributed by atoms with Crippen molar-refractivity contribution >= 4 is 46.7 Å². The normalized spacial score (nSPS) is 14.8. The fraction of sp³-hybridized carbons (Fsp3) is 0.0800. The van der Waals surface area contributed by atoms with Crippen molar-refractivity contribution < 1.29 is 4.79 Å². The summed E-state index contributed by atoms with van der Waals surface area (Å²) in [5.41, 5.74) is 4.49. The molecular formula is C25H19Cl2N5O. The lowest BCUT2D eigenvalue weighted by atomic mass is 10.0. The first-order chi connectivity index (χ1) is 16.0. The molecule has 0 radical (unpaired) electrons. The lowest BCUT2D eigenvalue weighted by molar-refractivity contribution is 0.102. The largest absolute Gasteiger partial charge is 0.324 e. The zero-order valence-electron chi connectivity index (χ0n) is 17.6. The Labute approximate surface area is 200 Å². The van der Waals surface area contributed by atoms with Gasteiger partial charge in [-0.05, 0) is 54.5 Å². The summed E-state index contributed by atoms with van der Waals surface area (Å²) in [5.74, 6) is 0.387. The highest BCUT2D eigenvalue weighted by Crippen LogP contribution is 2.33. The summed E-state index contributed by atoms with van der Waals surface area (Å²) < 4.78 is 1.76. The topological polar surface area (TPSA) is 71.8 Å². The van der Waals surface area contributed by atoms with Gasteiger partial charge in [-0.25, -0.2) is 4.68 Å². The molecule has 1 aliphatic heterocycles. The SMILES string of the molecule is Cc1ccc([C@H]2C=C(c3ccc(Cl)cc3)Nc3nc(NC(=O)c4cccc(Cl)c4)nn32)cc1. The van der Waals surface area contributed by atoms with Gasteiger partial charge in [0.1, 0.15) is 6.04 Å². The van der Waals surface area contributed by atoms with Gasteiger partial charge in [0.15, 0.2) is 0 Å². The number of rotatable bonds is 4. The lowest BCUT2D eigenvalue weighted by Crippen LogP contribution is -2.20. The van der Waals surface area contributed by atoms with Crippen molar-refractivity contribution in [2.45, 2.75) is 13.0 Å². The van der Waals surface area contributed by atoms with Crippen molar-refractivity contribution in [2.24, 2.45) is 0 Å². The number of halogens is 2. The van der Waals surface area contributed by atoms with E-state index in [0.29, 0.717) is 21.6 Å². The van der Waals surface area contributed by atoms with E-state index in [9.17, 15) is 4.79 Å². The monoisotopic (exact) mass is 475 g/mol. The minimum atomic E-state index is -0.335. The summed E-state index contributed by atoms with van der Waals surface area (Å²) in [6.07, 6.45) is 2.08. The average Bonchev–Trinajstić information content (AvgIpc) is 3.22. The number of amides is 1. The van der Waals surface area contributed by atoms with Crippen LogP contribution in [0.5, 0.6) is 0 Å². The lowest BCUT2D eigenvalue weighted by Gasteiger charge is -2.24. The molecule has 0 spiro atoms. The standard InChI is InChI=1S/C25H19Cl2N5O/c1-15-5-7-17(8-6-15)22-14-21(16-9-11-19(26)12-10-16)28-25-30-24(31-32(22)25)29-23(33)18-3-2-4-20(27)13-18/h2-14,22H,1H3,(H2,28,29,30,31,33)/t22-/m1/s1. The number of aromatic nitrogens is 3. The number of nitrogens with zero attached hydrogens (tertiary/aromatic N) is 3. The number of aryl methyl sites for hydroxylation is 1. The first-order valence-corrected chi connectivity index (χ1v) is 11.1. The van der Waals surface area contributed by atoms with Crippen molar-refractivity contribution in [1.29, 1.82) is 0 Å². The Kier molecular flexibility index (Phi) is 5.62. The molecule has 33 heavy (non-hydrogen) atoms. The Bertz CT molecular complexity index is 1360. The quantitative estimate of drug-likeness (QED) is 0.368. The maximum Gasteiger partial charge on any atom is 0.258 e. The van der Waals surface area contributed by atoms with Crippen LogP contribution < -0.4 is 10.6 Å². The molecule has 1 atom stereocenters. The van der Waals surface area contributed by atoms with Gasteiger partial charge in [-0.15, -0.1) is 5.10 Å². The van der Waals surface area contributed by atoms with E-state index in [4.69, 9.17) is 23.2 Å². The summed E-state index contributed by atoms with van der Waals surface area (Å²) in [4.78, 5) is 17.2. The zero-order chi connectivity index (χ0) is 22.9. The number of hydrogen-bond acceptors (Lipinski definition) is 4. The van der Waals surface area contributed by atoms with Gasteiger partial charge < -0.3 is 5.32 Å². The Morgan fingerprint density at radius 1 is 1.00 bits per heavy atom. The Morgan fingerprint density at radius 2 is 1.76 bits per heavy atom. The molecule has 4 aromatic rings. The van der Waals surface area contributed by atoms with Crippen LogP contribution in [-0.4, -0.2) is 20.7 Å². The first kappa shape index (κ1) is 21.2. The number of carbonyl (C=O) groups excluding carboxylic acids is 1. The van der Waals surface area contributed by atoms with Gasteiger partial charge in [0.2, 0.25) is 5.95 Å². The molecule has 0 aliphatic carbocycles. The van der Waals surface area contributed by atoms with Crippen LogP contribution in [0.25, 0.3) is 5.70 Å². The van der Waals surface area contributed by atoms with E-state index in [0.717, 1.165) is 16.8 Å². The van der Waals surface area contributed by atoms with E-state index in [2.05, 4.69) is 51.1 Å². The molecule has 0 saturated heterocycles. The molecule has 1 amide bonds. The third-order valence-corrected chi connectivity index (χ3v) is 5.84. The summed E-state index contributed by atoms with van der Waals surface area (Å²) >= 11 is 12.1. The van der Waals surface area contributed by atoms with Crippen molar-refractivity contribution in [3.8, 4) is 0 Å². The zero-order valence-corrected chi connectivity index (χ0v) is 19.1. The molecule has 1 aromatic heterocycles. The Hall–Kier alpha value is -3.61. The van der Waals surface area contributed by atoms with E-state index in [-0.39, 0.29) is 17.9 Å². The van der Waals surface area contributed by atoms with Gasteiger partial charge in [-0.1, -0.05) is 71.2 Å². The van der Waals surface area contributed by atoms with E-state index in [1.165, 1.54) is 5.56 Å². The van der Waals surface area contributed by atoms with Gasteiger partial charge in [-0.3, -0.25) is 10.1 Å². The number of allylic oxidation sites excluding steroid dienone is 1. The second kappa shape index (κ2) is 8.73. The predicted molar refractivity (Wildman–Crippen MR) is 132 cm³/mol. The van der Waals surface area contributed by atoms with Crippen molar-refractivity contribution in [2.75, 3.05) is 10.6 Å². The van der Waals surface area contributed by atoms with Crippen molar-refractivity contribution in [3.63, 3.8) is 0 Å². The number of nitrogens with one attached hydrogen (secondary N) is 2. The van der Waals surface area contributed by atoms with E-state index >= 15 is 0 Å². The average molecular weight is 476 g/mol. The highest BCUT2D eigenvalue weighted by molar-refractivity contribution is 6.31. The summed E-state index contributed by atoms with van der Waals surface area (Å²) in [5, 5.41) is 11.8. The number of benzene rings is 3. The summed E-state index contributed by atoms with van der Waals surface area (Å²) in [6, 6.07) is 22.3. The molecule has 164 valence electrons. The first-order valence-electron chi connectivity index (χ1n) is 10.3. The molecule has 6 nitrogen and oxygen atoms in total. The van der Waals surface area contributed by atoms with Gasteiger partial charge >= 0.3 is 0 Å². The maximum absolute atomic E-state index is 12.7. The minimum absolute atomic E-state index is 0.199. The van der Waals surface area contributed by atoms with Gasteiger partial charge in [0.05, 0.1) is 0 Å². The summed E-state index contributed by atoms with van der Waals surface area (Å²) in [7, 11) is 0. The molecule has 3 aromatic carbocycles. The van der Waals surface area contributed by atoms with Crippen LogP contribution in [0.15, 0.2) is 78.9 Å². The van der Waals surface area contributed by atoms with Crippen LogP contribution in [0.1, 0.15) is 33.1 Å². The van der Waals surface area contributed by atoms with Crippen molar-refractivity contribution in [1.82, 2.24) is 14.8 Å². The van der Waals surface area contributed by atoms with Crippen LogP contribution in [0.4, 0.5) is 11.9 Å². The van der Waals surface area contributed by atoms with Crippen LogP contribution in [0.2, 0.25) is 10.0 Å². The number of hydrogen-bond donors (Lipinski definition) is 2. The summed E-state index contributed by atoms with van der Waals surface area (Å²) in [6.45, 7) is 2.05. The molecule has 0 bridgehead atoms. The maximum atomic E-state index is 12.7. The molecule has 5 rings (SSSR count). The fourth-order valence-electron chi connectivity index (χ4n) is 3.65. The third-order valence-electron chi connectivity index (χ3n) is 5.35. The van der Waals surface area contributed by atoms with E-state index in [1.807, 2.05) is 31.2 Å². The van der Waals surface area contributed by atoms with Crippen molar-refractivity contribution in [3.05, 3.63) is 111 Å². The molecule has 8 heteroatoms. The van der Waals surface area contributed by atoms with E-state index < -0.39 is 0 Å². The molecular weight excluding hydrogens is 457 g/mol. The number of carbonyl (C=O) groups is 1. The highest BCUT2D eigenvalue weighted by atomic mass is 35.5. The Morgan fingerprint density at radius 3 is 2.48 bits per heavy atom. The highest BCUT2D eigenvalue weighted by Gasteiger charge is 2.26. The molecule has 2 N–H and O–H groups in total. The molecule has 0 unspecified atom stereocenters. The van der Waals surface area contributed by atoms with E-state index in [1.54, 1.807) is 28.9 Å². The third kappa shape index (κ3) is 4.49. The van der Waals surface area contributed by atoms with Gasteiger partial charge in [0.25, 0.3) is 11.9 Å². The van der Waals surface area contributed by atoms with Crippen LogP contribution in [0.3, 0.4) is 0 Å². The molecule has 0 fully saturated rings.